The maximum atomic E-state index is 12.7. The van der Waals surface area contributed by atoms with Gasteiger partial charge < -0.3 is 10.3 Å². The van der Waals surface area contributed by atoms with Gasteiger partial charge in [0.25, 0.3) is 5.56 Å². The van der Waals surface area contributed by atoms with E-state index < -0.39 is 0 Å². The number of H-pyrrole nitrogens is 1. The van der Waals surface area contributed by atoms with Crippen LogP contribution in [-0.4, -0.2) is 25.4 Å². The smallest absolute Gasteiger partial charge is 0.261 e. The molecule has 2 heterocycles. The monoisotopic (exact) mass is 465 g/mol. The number of amides is 1. The maximum absolute atomic E-state index is 12.7. The standard InChI is InChI=1S/C22H20BrN5O2/c1-2-17(21-24-11-19(27-21)14-6-4-3-5-7-14)26-20(29)12-28-13-25-18-9-8-15(23)10-16(18)22(28)30/h3-11,13,17H,2,12H2,1H3,(H,24,27)(H,26,29). The van der Waals surface area contributed by atoms with E-state index in [4.69, 9.17) is 0 Å². The van der Waals surface area contributed by atoms with Crippen LogP contribution in [0.25, 0.3) is 22.2 Å². The lowest BCUT2D eigenvalue weighted by atomic mass is 10.2. The highest BCUT2D eigenvalue weighted by Gasteiger charge is 2.17. The molecule has 4 rings (SSSR count). The average molecular weight is 466 g/mol. The zero-order valence-corrected chi connectivity index (χ0v) is 17.9. The summed E-state index contributed by atoms with van der Waals surface area (Å²) < 4.78 is 2.10. The van der Waals surface area contributed by atoms with Crippen LogP contribution in [-0.2, 0) is 11.3 Å². The average Bonchev–Trinajstić information content (AvgIpc) is 3.25. The summed E-state index contributed by atoms with van der Waals surface area (Å²) in [6.45, 7) is 1.86. The normalized spacial score (nSPS) is 12.1. The minimum atomic E-state index is -0.284. The van der Waals surface area contributed by atoms with Crippen molar-refractivity contribution in [2.45, 2.75) is 25.9 Å². The zero-order valence-electron chi connectivity index (χ0n) is 16.3. The Labute approximate surface area is 181 Å². The number of halogens is 1. The molecule has 0 fully saturated rings. The lowest BCUT2D eigenvalue weighted by Crippen LogP contribution is -2.35. The SMILES string of the molecule is CCC(NC(=O)Cn1cnc2ccc(Br)cc2c1=O)c1ncc(-c2ccccc2)[nH]1. The molecule has 0 aliphatic heterocycles. The Morgan fingerprint density at radius 3 is 2.77 bits per heavy atom. The first-order chi connectivity index (χ1) is 14.5. The molecule has 30 heavy (non-hydrogen) atoms. The summed E-state index contributed by atoms with van der Waals surface area (Å²) in [5.74, 6) is 0.398. The highest BCUT2D eigenvalue weighted by molar-refractivity contribution is 9.10. The van der Waals surface area contributed by atoms with Crippen LogP contribution in [0.15, 0.2) is 70.3 Å². The molecule has 4 aromatic rings. The van der Waals surface area contributed by atoms with Crippen molar-refractivity contribution in [2.24, 2.45) is 0 Å². The van der Waals surface area contributed by atoms with E-state index in [2.05, 4.69) is 36.2 Å². The molecular weight excluding hydrogens is 446 g/mol. The lowest BCUT2D eigenvalue weighted by Gasteiger charge is -2.15. The van der Waals surface area contributed by atoms with Crippen LogP contribution in [0.5, 0.6) is 0 Å². The number of benzene rings is 2. The van der Waals surface area contributed by atoms with Gasteiger partial charge in [0.1, 0.15) is 12.4 Å². The van der Waals surface area contributed by atoms with E-state index in [0.29, 0.717) is 23.1 Å². The van der Waals surface area contributed by atoms with Crippen LogP contribution < -0.4 is 10.9 Å². The van der Waals surface area contributed by atoms with Crippen LogP contribution >= 0.6 is 15.9 Å². The van der Waals surface area contributed by atoms with Crippen LogP contribution in [0.4, 0.5) is 0 Å². The van der Waals surface area contributed by atoms with Gasteiger partial charge in [0.05, 0.1) is 35.2 Å². The Hall–Kier alpha value is -3.26. The number of rotatable bonds is 6. The van der Waals surface area contributed by atoms with Gasteiger partial charge >= 0.3 is 0 Å². The molecule has 0 saturated carbocycles. The molecule has 0 bridgehead atoms. The number of nitrogens with one attached hydrogen (secondary N) is 2. The molecule has 8 heteroatoms. The second-order valence-corrected chi connectivity index (χ2v) is 7.83. The lowest BCUT2D eigenvalue weighted by molar-refractivity contribution is -0.122. The zero-order chi connectivity index (χ0) is 21.1. The summed E-state index contributed by atoms with van der Waals surface area (Å²) in [6, 6.07) is 14.9. The molecule has 1 atom stereocenters. The van der Waals surface area contributed by atoms with E-state index in [9.17, 15) is 9.59 Å². The highest BCUT2D eigenvalue weighted by atomic mass is 79.9. The fourth-order valence-corrected chi connectivity index (χ4v) is 3.64. The molecular formula is C22H20BrN5O2. The van der Waals surface area contributed by atoms with Crippen molar-refractivity contribution >= 4 is 32.7 Å². The van der Waals surface area contributed by atoms with Crippen LogP contribution in [0.2, 0.25) is 0 Å². The van der Waals surface area contributed by atoms with Crippen molar-refractivity contribution < 1.29 is 4.79 Å². The van der Waals surface area contributed by atoms with Crippen molar-refractivity contribution in [1.82, 2.24) is 24.8 Å². The number of carbonyl (C=O) groups excluding carboxylic acids is 1. The van der Waals surface area contributed by atoms with E-state index in [1.54, 1.807) is 18.3 Å². The van der Waals surface area contributed by atoms with Gasteiger partial charge in [-0.15, -0.1) is 0 Å². The van der Waals surface area contributed by atoms with Gasteiger partial charge in [-0.3, -0.25) is 14.2 Å². The Morgan fingerprint density at radius 2 is 2.00 bits per heavy atom. The minimum absolute atomic E-state index is 0.114. The summed E-state index contributed by atoms with van der Waals surface area (Å²) in [4.78, 5) is 37.3. The van der Waals surface area contributed by atoms with Crippen molar-refractivity contribution in [1.29, 1.82) is 0 Å². The molecule has 1 amide bonds. The van der Waals surface area contributed by atoms with E-state index >= 15 is 0 Å². The van der Waals surface area contributed by atoms with Crippen molar-refractivity contribution in [3.8, 4) is 11.3 Å². The number of hydrogen-bond acceptors (Lipinski definition) is 4. The molecule has 0 radical (unpaired) electrons. The van der Waals surface area contributed by atoms with Gasteiger partial charge in [0.2, 0.25) is 5.91 Å². The fourth-order valence-electron chi connectivity index (χ4n) is 3.28. The maximum Gasteiger partial charge on any atom is 0.261 e. The van der Waals surface area contributed by atoms with Crippen LogP contribution in [0.1, 0.15) is 25.2 Å². The van der Waals surface area contributed by atoms with Gasteiger partial charge in [-0.05, 0) is 30.2 Å². The second kappa shape index (κ2) is 8.62. The third-order valence-corrected chi connectivity index (χ3v) is 5.35. The molecule has 7 nitrogen and oxygen atoms in total. The van der Waals surface area contributed by atoms with Gasteiger partial charge in [0.15, 0.2) is 0 Å². The first kappa shape index (κ1) is 20.0. The number of carbonyl (C=O) groups is 1. The topological polar surface area (TPSA) is 92.7 Å². The Bertz CT molecular complexity index is 1250. The molecule has 1 unspecified atom stereocenters. The third-order valence-electron chi connectivity index (χ3n) is 4.85. The minimum Gasteiger partial charge on any atom is -0.345 e. The van der Waals surface area contributed by atoms with Crippen molar-refractivity contribution in [3.05, 3.63) is 81.7 Å². The summed E-state index contributed by atoms with van der Waals surface area (Å²) in [6.07, 6.45) is 3.82. The Kier molecular flexibility index (Phi) is 5.76. The van der Waals surface area contributed by atoms with Crippen molar-refractivity contribution in [2.75, 3.05) is 0 Å². The molecule has 152 valence electrons. The number of nitrogens with zero attached hydrogens (tertiary/aromatic N) is 3. The first-order valence-corrected chi connectivity index (χ1v) is 10.4. The van der Waals surface area contributed by atoms with Gasteiger partial charge in [-0.2, -0.15) is 0 Å². The largest absolute Gasteiger partial charge is 0.345 e. The Morgan fingerprint density at radius 1 is 1.20 bits per heavy atom. The highest BCUT2D eigenvalue weighted by Crippen LogP contribution is 2.20. The Balaban J connectivity index is 1.50. The molecule has 0 aliphatic carbocycles. The molecule has 0 spiro atoms. The van der Waals surface area contributed by atoms with Gasteiger partial charge in [-0.25, -0.2) is 9.97 Å². The quantitative estimate of drug-likeness (QED) is 0.452. The number of imidazole rings is 1. The second-order valence-electron chi connectivity index (χ2n) is 6.92. The van der Waals surface area contributed by atoms with E-state index in [0.717, 1.165) is 15.7 Å². The summed E-state index contributed by atoms with van der Waals surface area (Å²) >= 11 is 3.36. The number of fused-ring (bicyclic) bond motifs is 1. The fraction of sp³-hybridized carbons (Fsp3) is 0.182. The number of hydrogen-bond donors (Lipinski definition) is 2. The molecule has 2 N–H and O–H groups in total. The number of aromatic amines is 1. The van der Waals surface area contributed by atoms with Crippen molar-refractivity contribution in [3.63, 3.8) is 0 Å². The van der Waals surface area contributed by atoms with E-state index in [1.807, 2.05) is 43.3 Å². The summed E-state index contributed by atoms with van der Waals surface area (Å²) in [7, 11) is 0. The van der Waals surface area contributed by atoms with Gasteiger partial charge in [-0.1, -0.05) is 53.2 Å². The molecule has 0 saturated heterocycles. The molecule has 2 aromatic heterocycles. The summed E-state index contributed by atoms with van der Waals surface area (Å²) in [5, 5.41) is 3.42. The third kappa shape index (κ3) is 4.18. The van der Waals surface area contributed by atoms with Crippen LogP contribution in [0.3, 0.4) is 0 Å². The predicted molar refractivity (Wildman–Crippen MR) is 119 cm³/mol. The van der Waals surface area contributed by atoms with Crippen LogP contribution in [0, 0.1) is 0 Å². The predicted octanol–water partition coefficient (Wildman–Crippen LogP) is 3.82. The molecule has 2 aromatic carbocycles. The van der Waals surface area contributed by atoms with Gasteiger partial charge in [0, 0.05) is 4.47 Å². The molecule has 0 aliphatic rings. The first-order valence-electron chi connectivity index (χ1n) is 9.59. The number of aromatic nitrogens is 4. The van der Waals surface area contributed by atoms with E-state index in [1.165, 1.54) is 10.9 Å². The summed E-state index contributed by atoms with van der Waals surface area (Å²) in [5.41, 5.74) is 2.25. The van der Waals surface area contributed by atoms with E-state index in [-0.39, 0.29) is 24.1 Å².